The van der Waals surface area contributed by atoms with Gasteiger partial charge in [0.1, 0.15) is 0 Å². The monoisotopic (exact) mass is 410 g/mol. The molecular weight excluding hydrogens is 376 g/mol. The van der Waals surface area contributed by atoms with E-state index in [0.717, 1.165) is 62.0 Å². The second-order valence-corrected chi connectivity index (χ2v) is 9.51. The van der Waals surface area contributed by atoms with Crippen LogP contribution in [0.1, 0.15) is 79.7 Å². The third-order valence-electron chi connectivity index (χ3n) is 7.29. The lowest BCUT2D eigenvalue weighted by Crippen LogP contribution is -2.29. The van der Waals surface area contributed by atoms with Gasteiger partial charge in [-0.25, -0.2) is 4.68 Å². The number of hydrogen-bond acceptors (Lipinski definition) is 4. The number of aromatic nitrogens is 2. The number of carbonyl (C=O) groups is 1. The molecule has 0 aliphatic heterocycles. The summed E-state index contributed by atoms with van der Waals surface area (Å²) in [6.07, 6.45) is 7.55. The number of aliphatic hydroxyl groups excluding tert-OH is 1. The Morgan fingerprint density at radius 1 is 1.33 bits per heavy atom. The summed E-state index contributed by atoms with van der Waals surface area (Å²) < 4.78 is 2.07. The van der Waals surface area contributed by atoms with E-state index in [9.17, 15) is 9.90 Å². The Labute approximate surface area is 178 Å². The highest BCUT2D eigenvalue weighted by Crippen LogP contribution is 2.40. The Bertz CT molecular complexity index is 943. The predicted octanol–water partition coefficient (Wildman–Crippen LogP) is 3.90. The summed E-state index contributed by atoms with van der Waals surface area (Å²) in [4.78, 5) is 12.0. The Hall–Kier alpha value is -2.34. The van der Waals surface area contributed by atoms with Crippen molar-refractivity contribution in [3.05, 3.63) is 40.7 Å². The van der Waals surface area contributed by atoms with E-state index in [2.05, 4.69) is 30.8 Å². The summed E-state index contributed by atoms with van der Waals surface area (Å²) in [5.74, 6) is -0.433. The van der Waals surface area contributed by atoms with Crippen molar-refractivity contribution in [1.82, 2.24) is 9.78 Å². The highest BCUT2D eigenvalue weighted by Gasteiger charge is 2.32. The smallest absolute Gasteiger partial charge is 0.250 e. The summed E-state index contributed by atoms with van der Waals surface area (Å²) in [6, 6.07) is 6.00. The van der Waals surface area contributed by atoms with Crippen LogP contribution in [0, 0.1) is 12.3 Å². The molecule has 1 saturated carbocycles. The minimum Gasteiger partial charge on any atom is -0.393 e. The molecule has 0 saturated heterocycles. The minimum atomic E-state index is -0.433. The van der Waals surface area contributed by atoms with Crippen molar-refractivity contribution >= 4 is 11.6 Å². The average Bonchev–Trinajstić information content (AvgIpc) is 3.05. The number of primary amides is 1. The van der Waals surface area contributed by atoms with Crippen LogP contribution >= 0.6 is 0 Å². The fraction of sp³-hybridized carbons (Fsp3) is 0.583. The van der Waals surface area contributed by atoms with Gasteiger partial charge in [0.25, 0.3) is 5.91 Å². The molecule has 0 radical (unpaired) electrons. The Kier molecular flexibility index (Phi) is 5.62. The Morgan fingerprint density at radius 3 is 2.73 bits per heavy atom. The van der Waals surface area contributed by atoms with Crippen LogP contribution in [0.3, 0.4) is 0 Å². The molecule has 2 aliphatic rings. The number of carbonyl (C=O) groups excluding carboxylic acids is 1. The second-order valence-electron chi connectivity index (χ2n) is 9.51. The molecule has 0 spiro atoms. The largest absolute Gasteiger partial charge is 0.393 e. The molecule has 1 unspecified atom stereocenters. The lowest BCUT2D eigenvalue weighted by Gasteiger charge is -2.33. The van der Waals surface area contributed by atoms with Gasteiger partial charge in [0.2, 0.25) is 0 Å². The maximum Gasteiger partial charge on any atom is 0.250 e. The molecule has 1 heterocycles. The minimum absolute atomic E-state index is 0.212. The van der Waals surface area contributed by atoms with Crippen LogP contribution < -0.4 is 11.1 Å². The lowest BCUT2D eigenvalue weighted by atomic mass is 9.73. The molecule has 6 nitrogen and oxygen atoms in total. The fourth-order valence-corrected chi connectivity index (χ4v) is 4.99. The first kappa shape index (κ1) is 20.9. The average molecular weight is 411 g/mol. The van der Waals surface area contributed by atoms with Gasteiger partial charge in [-0.3, -0.25) is 4.79 Å². The molecule has 4 rings (SSSR count). The van der Waals surface area contributed by atoms with Gasteiger partial charge in [-0.15, -0.1) is 0 Å². The van der Waals surface area contributed by atoms with Gasteiger partial charge >= 0.3 is 0 Å². The molecule has 2 aromatic rings. The van der Waals surface area contributed by atoms with Crippen LogP contribution in [-0.4, -0.2) is 32.9 Å². The topological polar surface area (TPSA) is 93.2 Å². The molecule has 1 aromatic heterocycles. The van der Waals surface area contributed by atoms with E-state index in [0.29, 0.717) is 11.0 Å². The molecule has 4 N–H and O–H groups in total. The SMILES string of the molecule is CCC1(C)CCc2c(C)nn(-c3ccc(C(N)=O)c(N[C@H]4CC[C@H](O)CC4)c3)c2C1. The van der Waals surface area contributed by atoms with Gasteiger partial charge < -0.3 is 16.2 Å². The summed E-state index contributed by atoms with van der Waals surface area (Å²) in [7, 11) is 0. The molecule has 0 bridgehead atoms. The number of nitrogens with two attached hydrogens (primary N) is 1. The number of amides is 1. The fourth-order valence-electron chi connectivity index (χ4n) is 4.99. The van der Waals surface area contributed by atoms with Gasteiger partial charge in [-0.2, -0.15) is 5.10 Å². The summed E-state index contributed by atoms with van der Waals surface area (Å²) in [6.45, 7) is 6.72. The Morgan fingerprint density at radius 2 is 2.07 bits per heavy atom. The van der Waals surface area contributed by atoms with E-state index >= 15 is 0 Å². The first-order valence-corrected chi connectivity index (χ1v) is 11.3. The molecule has 30 heavy (non-hydrogen) atoms. The maximum absolute atomic E-state index is 12.0. The van der Waals surface area contributed by atoms with Gasteiger partial charge in [0.15, 0.2) is 0 Å². The highest BCUT2D eigenvalue weighted by molar-refractivity contribution is 5.99. The van der Waals surface area contributed by atoms with Crippen molar-refractivity contribution in [2.24, 2.45) is 11.1 Å². The number of rotatable bonds is 5. The van der Waals surface area contributed by atoms with Crippen molar-refractivity contribution in [2.75, 3.05) is 5.32 Å². The van der Waals surface area contributed by atoms with E-state index in [1.165, 1.54) is 17.7 Å². The molecule has 2 aliphatic carbocycles. The highest BCUT2D eigenvalue weighted by atomic mass is 16.3. The lowest BCUT2D eigenvalue weighted by molar-refractivity contribution is 0.100. The number of benzene rings is 1. The standard InChI is InChI=1S/C24H34N4O2/c1-4-24(3)12-11-19-15(2)27-28(22(19)14-24)17-7-10-20(23(25)30)21(13-17)26-16-5-8-18(29)9-6-16/h7,10,13,16,18,26,29H,4-6,8-9,11-12,14H2,1-3H3,(H2,25,30)/t16-,18-,24?. The molecular formula is C24H34N4O2. The predicted molar refractivity (Wildman–Crippen MR) is 119 cm³/mol. The van der Waals surface area contributed by atoms with Crippen molar-refractivity contribution in [3.8, 4) is 5.69 Å². The molecule has 1 aromatic carbocycles. The zero-order valence-electron chi connectivity index (χ0n) is 18.4. The number of nitrogens with one attached hydrogen (secondary N) is 1. The van der Waals surface area contributed by atoms with E-state index in [1.54, 1.807) is 0 Å². The van der Waals surface area contributed by atoms with E-state index in [4.69, 9.17) is 10.8 Å². The van der Waals surface area contributed by atoms with Crippen molar-refractivity contribution in [1.29, 1.82) is 0 Å². The van der Waals surface area contributed by atoms with Crippen molar-refractivity contribution in [3.63, 3.8) is 0 Å². The van der Waals surface area contributed by atoms with Crippen LogP contribution in [0.5, 0.6) is 0 Å². The number of fused-ring (bicyclic) bond motifs is 1. The first-order chi connectivity index (χ1) is 14.3. The number of aliphatic hydroxyl groups is 1. The van der Waals surface area contributed by atoms with Gasteiger partial charge in [-0.05, 0) is 81.0 Å². The number of nitrogens with zero attached hydrogens (tertiary/aromatic N) is 2. The molecule has 162 valence electrons. The molecule has 6 heteroatoms. The number of hydrogen-bond donors (Lipinski definition) is 3. The molecule has 1 atom stereocenters. The van der Waals surface area contributed by atoms with Crippen molar-refractivity contribution < 1.29 is 9.90 Å². The molecule has 1 fully saturated rings. The third-order valence-corrected chi connectivity index (χ3v) is 7.29. The Balaban J connectivity index is 1.70. The van der Waals surface area contributed by atoms with Crippen LogP contribution in [0.25, 0.3) is 5.69 Å². The maximum atomic E-state index is 12.0. The first-order valence-electron chi connectivity index (χ1n) is 11.3. The number of anilines is 1. The zero-order chi connectivity index (χ0) is 21.5. The quantitative estimate of drug-likeness (QED) is 0.697. The van der Waals surface area contributed by atoms with Crippen molar-refractivity contribution in [2.45, 2.75) is 84.3 Å². The zero-order valence-corrected chi connectivity index (χ0v) is 18.4. The van der Waals surface area contributed by atoms with Gasteiger partial charge in [0.05, 0.1) is 23.0 Å². The summed E-state index contributed by atoms with van der Waals surface area (Å²) in [5, 5.41) is 18.2. The summed E-state index contributed by atoms with van der Waals surface area (Å²) in [5.41, 5.74) is 11.9. The van der Waals surface area contributed by atoms with Crippen LogP contribution in [0.2, 0.25) is 0 Å². The van der Waals surface area contributed by atoms with Crippen LogP contribution in [0.15, 0.2) is 18.2 Å². The van der Waals surface area contributed by atoms with E-state index < -0.39 is 5.91 Å². The van der Waals surface area contributed by atoms with Crippen LogP contribution in [-0.2, 0) is 12.8 Å². The van der Waals surface area contributed by atoms with Gasteiger partial charge in [-0.1, -0.05) is 20.3 Å². The van der Waals surface area contributed by atoms with Gasteiger partial charge in [0, 0.05) is 17.4 Å². The molecule has 1 amide bonds. The normalized spacial score (nSPS) is 26.3. The third kappa shape index (κ3) is 3.97. The summed E-state index contributed by atoms with van der Waals surface area (Å²) >= 11 is 0. The van der Waals surface area contributed by atoms with Crippen LogP contribution in [0.4, 0.5) is 5.69 Å². The van der Waals surface area contributed by atoms with E-state index in [-0.39, 0.29) is 12.1 Å². The number of aryl methyl sites for hydroxylation is 1. The second kappa shape index (κ2) is 8.06. The van der Waals surface area contributed by atoms with E-state index in [1.807, 2.05) is 18.2 Å².